The summed E-state index contributed by atoms with van der Waals surface area (Å²) < 4.78 is 6.76. The zero-order valence-electron chi connectivity index (χ0n) is 20.2. The third-order valence-corrected chi connectivity index (χ3v) is 7.56. The molecular formula is C30H31N2O4+. The lowest BCUT2D eigenvalue weighted by molar-refractivity contribution is -0.938. The Balaban J connectivity index is 1.31. The SMILES string of the molecule is O=C(C[N+]12CCC(CC1)[C@@H](OC(=O)C(NC(=O)c1ccccc1)c1ccccc1)C2)c1ccccc1. The summed E-state index contributed by atoms with van der Waals surface area (Å²) in [6.07, 6.45) is 1.57. The lowest BCUT2D eigenvalue weighted by Gasteiger charge is -2.51. The van der Waals surface area contributed by atoms with Crippen molar-refractivity contribution in [1.82, 2.24) is 5.32 Å². The zero-order chi connectivity index (χ0) is 25.0. The quantitative estimate of drug-likeness (QED) is 0.296. The summed E-state index contributed by atoms with van der Waals surface area (Å²) >= 11 is 0. The molecule has 1 unspecified atom stereocenters. The second-order valence-electron chi connectivity index (χ2n) is 9.91. The van der Waals surface area contributed by atoms with Crippen LogP contribution in [0.15, 0.2) is 91.0 Å². The smallest absolute Gasteiger partial charge is 0.333 e. The molecule has 0 radical (unpaired) electrons. The lowest BCUT2D eigenvalue weighted by Crippen LogP contribution is -2.66. The monoisotopic (exact) mass is 483 g/mol. The van der Waals surface area contributed by atoms with Gasteiger partial charge < -0.3 is 14.5 Å². The fraction of sp³-hybridized carbons (Fsp3) is 0.300. The first-order valence-electron chi connectivity index (χ1n) is 12.6. The Kier molecular flexibility index (Phi) is 6.96. The van der Waals surface area contributed by atoms with Gasteiger partial charge in [-0.3, -0.25) is 9.59 Å². The van der Waals surface area contributed by atoms with Crippen molar-refractivity contribution >= 4 is 17.7 Å². The topological polar surface area (TPSA) is 72.5 Å². The second-order valence-corrected chi connectivity index (χ2v) is 9.91. The van der Waals surface area contributed by atoms with Gasteiger partial charge in [-0.15, -0.1) is 0 Å². The third-order valence-electron chi connectivity index (χ3n) is 7.56. The van der Waals surface area contributed by atoms with Crippen molar-refractivity contribution in [3.63, 3.8) is 0 Å². The average Bonchev–Trinajstić information content (AvgIpc) is 2.93. The Hall–Kier alpha value is -3.77. The largest absolute Gasteiger partial charge is 0.454 e. The van der Waals surface area contributed by atoms with Crippen LogP contribution in [-0.4, -0.2) is 54.4 Å². The Labute approximate surface area is 211 Å². The number of carbonyl (C=O) groups is 3. The van der Waals surface area contributed by atoms with Gasteiger partial charge in [0, 0.05) is 29.9 Å². The third kappa shape index (κ3) is 5.24. The van der Waals surface area contributed by atoms with Crippen molar-refractivity contribution in [2.24, 2.45) is 5.92 Å². The van der Waals surface area contributed by atoms with E-state index < -0.39 is 12.0 Å². The molecule has 3 aromatic carbocycles. The van der Waals surface area contributed by atoms with Crippen molar-refractivity contribution in [2.75, 3.05) is 26.2 Å². The number of hydrogen-bond donors (Lipinski definition) is 1. The lowest BCUT2D eigenvalue weighted by atomic mass is 9.82. The molecule has 6 rings (SSSR count). The molecule has 0 spiro atoms. The van der Waals surface area contributed by atoms with Crippen LogP contribution in [0.4, 0.5) is 0 Å². The maximum atomic E-state index is 13.5. The number of nitrogens with one attached hydrogen (secondary N) is 1. The minimum absolute atomic E-state index is 0.123. The van der Waals surface area contributed by atoms with Gasteiger partial charge in [0.25, 0.3) is 5.91 Å². The number of ketones is 1. The summed E-state index contributed by atoms with van der Waals surface area (Å²) in [5, 5.41) is 2.87. The highest BCUT2D eigenvalue weighted by atomic mass is 16.5. The van der Waals surface area contributed by atoms with Gasteiger partial charge in [0.05, 0.1) is 13.1 Å². The van der Waals surface area contributed by atoms with Gasteiger partial charge >= 0.3 is 5.97 Å². The maximum Gasteiger partial charge on any atom is 0.333 e. The highest BCUT2D eigenvalue weighted by Gasteiger charge is 2.49. The van der Waals surface area contributed by atoms with E-state index >= 15 is 0 Å². The molecule has 3 aliphatic heterocycles. The molecule has 6 nitrogen and oxygen atoms in total. The summed E-state index contributed by atoms with van der Waals surface area (Å²) in [7, 11) is 0. The average molecular weight is 484 g/mol. The summed E-state index contributed by atoms with van der Waals surface area (Å²) in [5.74, 6) is -0.385. The van der Waals surface area contributed by atoms with E-state index in [9.17, 15) is 14.4 Å². The van der Waals surface area contributed by atoms with E-state index in [0.717, 1.165) is 31.5 Å². The van der Waals surface area contributed by atoms with Gasteiger partial charge in [0.15, 0.2) is 12.1 Å². The first-order chi connectivity index (χ1) is 17.5. The van der Waals surface area contributed by atoms with E-state index in [4.69, 9.17) is 4.74 Å². The number of fused-ring (bicyclic) bond motifs is 3. The number of nitrogens with zero attached hydrogens (tertiary/aromatic N) is 1. The highest BCUT2D eigenvalue weighted by molar-refractivity contribution is 5.97. The van der Waals surface area contributed by atoms with E-state index in [0.29, 0.717) is 28.7 Å². The molecule has 0 aliphatic carbocycles. The van der Waals surface area contributed by atoms with Crippen LogP contribution in [0.2, 0.25) is 0 Å². The Morgan fingerprint density at radius 3 is 1.97 bits per heavy atom. The molecule has 6 heteroatoms. The number of carbonyl (C=O) groups excluding carboxylic acids is 3. The minimum atomic E-state index is -0.909. The zero-order valence-corrected chi connectivity index (χ0v) is 20.2. The molecule has 3 heterocycles. The van der Waals surface area contributed by atoms with Crippen molar-refractivity contribution in [1.29, 1.82) is 0 Å². The molecule has 1 N–H and O–H groups in total. The van der Waals surface area contributed by atoms with Gasteiger partial charge in [0.2, 0.25) is 5.78 Å². The van der Waals surface area contributed by atoms with E-state index in [2.05, 4.69) is 5.32 Å². The summed E-state index contributed by atoms with van der Waals surface area (Å²) in [6.45, 7) is 2.88. The number of benzene rings is 3. The van der Waals surface area contributed by atoms with Crippen LogP contribution in [0.3, 0.4) is 0 Å². The number of ether oxygens (including phenoxy) is 1. The Bertz CT molecular complexity index is 1210. The van der Waals surface area contributed by atoms with Gasteiger partial charge in [0.1, 0.15) is 13.1 Å². The molecule has 3 aromatic rings. The van der Waals surface area contributed by atoms with Gasteiger partial charge in [-0.1, -0.05) is 78.9 Å². The van der Waals surface area contributed by atoms with Crippen LogP contribution >= 0.6 is 0 Å². The van der Waals surface area contributed by atoms with Crippen molar-refractivity contribution < 1.29 is 23.6 Å². The number of hydrogen-bond acceptors (Lipinski definition) is 4. The first kappa shape index (κ1) is 23.9. The molecule has 3 saturated heterocycles. The predicted molar refractivity (Wildman–Crippen MR) is 136 cm³/mol. The van der Waals surface area contributed by atoms with Gasteiger partial charge in [-0.2, -0.15) is 0 Å². The Morgan fingerprint density at radius 2 is 1.36 bits per heavy atom. The molecule has 2 bridgehead atoms. The highest BCUT2D eigenvalue weighted by Crippen LogP contribution is 2.36. The fourth-order valence-electron chi connectivity index (χ4n) is 5.54. The molecule has 3 aliphatic rings. The number of quaternary nitrogens is 1. The molecule has 2 atom stereocenters. The Morgan fingerprint density at radius 1 is 0.806 bits per heavy atom. The summed E-state index contributed by atoms with van der Waals surface area (Å²) in [6, 6.07) is 26.5. The normalized spacial score (nSPS) is 23.4. The second kappa shape index (κ2) is 10.5. The van der Waals surface area contributed by atoms with Crippen LogP contribution in [-0.2, 0) is 9.53 Å². The minimum Gasteiger partial charge on any atom is -0.454 e. The predicted octanol–water partition coefficient (Wildman–Crippen LogP) is 4.19. The molecule has 0 aromatic heterocycles. The van der Waals surface area contributed by atoms with Gasteiger partial charge in [-0.25, -0.2) is 4.79 Å². The molecule has 184 valence electrons. The van der Waals surface area contributed by atoms with Crippen LogP contribution in [0.25, 0.3) is 0 Å². The first-order valence-corrected chi connectivity index (χ1v) is 12.6. The van der Waals surface area contributed by atoms with Crippen LogP contribution < -0.4 is 5.32 Å². The molecule has 1 amide bonds. The number of piperidine rings is 3. The van der Waals surface area contributed by atoms with Crippen LogP contribution in [0.5, 0.6) is 0 Å². The number of esters is 1. The standard InChI is InChI=1S/C30H30N2O4/c33-26(22-10-4-1-5-11-22)20-32-18-16-23(17-19-32)27(21-32)36-30(35)28(24-12-6-2-7-13-24)31-29(34)25-14-8-3-9-15-25/h1-15,23,27-28H,16-21H2/p+1/t23?,27-,28?,32?/m0/s1. The number of amides is 1. The summed E-state index contributed by atoms with van der Waals surface area (Å²) in [4.78, 5) is 39.4. The maximum absolute atomic E-state index is 13.5. The van der Waals surface area contributed by atoms with Crippen LogP contribution in [0.1, 0.15) is 45.2 Å². The molecule has 36 heavy (non-hydrogen) atoms. The van der Waals surface area contributed by atoms with E-state index in [1.54, 1.807) is 24.3 Å². The van der Waals surface area contributed by atoms with Gasteiger partial charge in [-0.05, 0) is 17.7 Å². The number of Topliss-reactive ketones (excluding diaryl/α,β-unsaturated/α-hetero) is 1. The van der Waals surface area contributed by atoms with Crippen molar-refractivity contribution in [2.45, 2.75) is 25.0 Å². The van der Waals surface area contributed by atoms with Crippen LogP contribution in [0, 0.1) is 5.92 Å². The molecular weight excluding hydrogens is 452 g/mol. The fourth-order valence-corrected chi connectivity index (χ4v) is 5.54. The van der Waals surface area contributed by atoms with E-state index in [-0.39, 0.29) is 23.7 Å². The number of rotatable bonds is 8. The summed E-state index contributed by atoms with van der Waals surface area (Å²) in [5.41, 5.74) is 1.88. The van der Waals surface area contributed by atoms with Crippen molar-refractivity contribution in [3.05, 3.63) is 108 Å². The van der Waals surface area contributed by atoms with Crippen molar-refractivity contribution in [3.8, 4) is 0 Å². The molecule has 0 saturated carbocycles. The van der Waals surface area contributed by atoms with E-state index in [1.165, 1.54) is 0 Å². The van der Waals surface area contributed by atoms with E-state index in [1.807, 2.05) is 66.7 Å². The molecule has 3 fully saturated rings.